The van der Waals surface area contributed by atoms with Gasteiger partial charge in [0.2, 0.25) is 0 Å². The van der Waals surface area contributed by atoms with Crippen LogP contribution in [0.15, 0.2) is 24.4 Å². The van der Waals surface area contributed by atoms with Crippen LogP contribution in [0.3, 0.4) is 0 Å². The lowest BCUT2D eigenvalue weighted by atomic mass is 9.66. The summed E-state index contributed by atoms with van der Waals surface area (Å²) in [6.45, 7) is 3.48. The van der Waals surface area contributed by atoms with Gasteiger partial charge < -0.3 is 15.7 Å². The molecule has 162 valence electrons. The minimum absolute atomic E-state index is 0. The molecule has 1 amide bonds. The third kappa shape index (κ3) is 4.56. The van der Waals surface area contributed by atoms with Crippen molar-refractivity contribution in [2.45, 2.75) is 57.0 Å². The Morgan fingerprint density at radius 2 is 1.87 bits per heavy atom. The number of benzene rings is 1. The van der Waals surface area contributed by atoms with Crippen LogP contribution in [0.25, 0.3) is 0 Å². The van der Waals surface area contributed by atoms with Gasteiger partial charge in [-0.2, -0.15) is 0 Å². The number of anilines is 2. The summed E-state index contributed by atoms with van der Waals surface area (Å²) in [6, 6.07) is 4.48. The van der Waals surface area contributed by atoms with E-state index in [1.54, 1.807) is 26.1 Å². The number of aliphatic hydroxyl groups is 1. The lowest BCUT2D eigenvalue weighted by Gasteiger charge is -2.40. The van der Waals surface area contributed by atoms with Gasteiger partial charge in [-0.3, -0.25) is 4.79 Å². The largest absolute Gasteiger partial charge is 0.389 e. The van der Waals surface area contributed by atoms with E-state index in [-0.39, 0.29) is 29.9 Å². The maximum Gasteiger partial charge on any atom is 0.253 e. The molecule has 1 aromatic heterocycles. The fourth-order valence-electron chi connectivity index (χ4n) is 4.45. The van der Waals surface area contributed by atoms with Crippen molar-refractivity contribution in [1.29, 1.82) is 0 Å². The zero-order chi connectivity index (χ0) is 20.8. The molecule has 2 bridgehead atoms. The van der Waals surface area contributed by atoms with Crippen LogP contribution in [0.1, 0.15) is 72.9 Å². The highest BCUT2D eigenvalue weighted by Gasteiger charge is 2.38. The molecular weight excluding hydrogens is 428 g/mol. The van der Waals surface area contributed by atoms with Gasteiger partial charge in [-0.15, -0.1) is 12.4 Å². The maximum absolute atomic E-state index is 13.5. The van der Waals surface area contributed by atoms with Crippen LogP contribution in [-0.2, 0) is 0 Å². The number of hydrogen-bond acceptors (Lipinski definition) is 4. The van der Waals surface area contributed by atoms with Crippen molar-refractivity contribution in [3.63, 3.8) is 0 Å². The first-order valence-electron chi connectivity index (χ1n) is 9.98. The number of rotatable bonds is 5. The molecule has 5 nitrogen and oxygen atoms in total. The Kier molecular flexibility index (Phi) is 6.60. The summed E-state index contributed by atoms with van der Waals surface area (Å²) in [6.07, 6.45) is 5.89. The van der Waals surface area contributed by atoms with Gasteiger partial charge in [0.25, 0.3) is 5.91 Å². The Labute approximate surface area is 186 Å². The van der Waals surface area contributed by atoms with E-state index in [1.807, 2.05) is 0 Å². The molecule has 3 aliphatic carbocycles. The molecule has 3 aliphatic rings. The lowest BCUT2D eigenvalue weighted by Crippen LogP contribution is -2.39. The highest BCUT2D eigenvalue weighted by molar-refractivity contribution is 6.31. The summed E-state index contributed by atoms with van der Waals surface area (Å²) in [5.41, 5.74) is 2.41. The quantitative estimate of drug-likeness (QED) is 0.574. The Morgan fingerprint density at radius 3 is 2.47 bits per heavy atom. The summed E-state index contributed by atoms with van der Waals surface area (Å²) < 4.78 is 13.5. The lowest BCUT2D eigenvalue weighted by molar-refractivity contribution is 0.0693. The second-order valence-electron chi connectivity index (χ2n) is 8.65. The van der Waals surface area contributed by atoms with Gasteiger partial charge in [-0.25, -0.2) is 9.37 Å². The van der Waals surface area contributed by atoms with E-state index in [0.29, 0.717) is 28.9 Å². The van der Waals surface area contributed by atoms with Crippen LogP contribution < -0.4 is 10.6 Å². The standard InChI is InChI=1S/C22H25ClFN3O2.ClH/c1-22(2,29)11-26-21(28)15-10-25-20(27-14-7-8-17(24)16(23)9-14)19-13-5-3-12(4-6-13)18(15)19;/h7-10,12-13,29H,3-6,11H2,1-2H3,(H,25,27)(H,26,28);1H. The number of halogens is 3. The van der Waals surface area contributed by atoms with Crippen molar-refractivity contribution in [3.8, 4) is 0 Å². The van der Waals surface area contributed by atoms with E-state index in [0.717, 1.165) is 36.8 Å². The average molecular weight is 454 g/mol. The number of amides is 1. The molecule has 30 heavy (non-hydrogen) atoms. The zero-order valence-corrected chi connectivity index (χ0v) is 18.5. The number of pyridine rings is 1. The number of fused-ring (bicyclic) bond motifs is 2. The van der Waals surface area contributed by atoms with Gasteiger partial charge in [-0.1, -0.05) is 11.6 Å². The first kappa shape index (κ1) is 22.8. The molecule has 0 aliphatic heterocycles. The summed E-state index contributed by atoms with van der Waals surface area (Å²) in [4.78, 5) is 17.4. The smallest absolute Gasteiger partial charge is 0.253 e. The Morgan fingerprint density at radius 1 is 1.23 bits per heavy atom. The molecule has 0 atom stereocenters. The van der Waals surface area contributed by atoms with Gasteiger partial charge in [0.1, 0.15) is 11.6 Å². The van der Waals surface area contributed by atoms with Crippen LogP contribution in [-0.4, -0.2) is 28.1 Å². The van der Waals surface area contributed by atoms with Crippen molar-refractivity contribution in [1.82, 2.24) is 10.3 Å². The van der Waals surface area contributed by atoms with E-state index in [9.17, 15) is 14.3 Å². The van der Waals surface area contributed by atoms with Crippen molar-refractivity contribution in [3.05, 3.63) is 51.9 Å². The van der Waals surface area contributed by atoms with E-state index in [2.05, 4.69) is 15.6 Å². The third-order valence-electron chi connectivity index (χ3n) is 5.81. The second-order valence-corrected chi connectivity index (χ2v) is 9.05. The topological polar surface area (TPSA) is 74.2 Å². The van der Waals surface area contributed by atoms with E-state index < -0.39 is 11.4 Å². The highest BCUT2D eigenvalue weighted by Crippen LogP contribution is 2.52. The minimum atomic E-state index is -0.981. The van der Waals surface area contributed by atoms with Gasteiger partial charge in [-0.05, 0) is 75.1 Å². The Balaban J connectivity index is 0.00000256. The van der Waals surface area contributed by atoms with Crippen LogP contribution in [0.2, 0.25) is 5.02 Å². The number of hydrogen-bond donors (Lipinski definition) is 3. The molecule has 0 saturated heterocycles. The van der Waals surface area contributed by atoms with Crippen LogP contribution in [0.4, 0.5) is 15.9 Å². The predicted molar refractivity (Wildman–Crippen MR) is 119 cm³/mol. The number of carbonyl (C=O) groups excluding carboxylic acids is 1. The summed E-state index contributed by atoms with van der Waals surface area (Å²) >= 11 is 5.92. The second kappa shape index (κ2) is 8.69. The number of carbonyl (C=O) groups is 1. The Bertz CT molecular complexity index is 954. The molecule has 0 radical (unpaired) electrons. The van der Waals surface area contributed by atoms with Crippen LogP contribution in [0.5, 0.6) is 0 Å². The van der Waals surface area contributed by atoms with Crippen LogP contribution >= 0.6 is 24.0 Å². The number of nitrogens with zero attached hydrogens (tertiary/aromatic N) is 1. The first-order chi connectivity index (χ1) is 13.7. The maximum atomic E-state index is 13.5. The first-order valence-corrected chi connectivity index (χ1v) is 10.4. The van der Waals surface area contributed by atoms with Crippen molar-refractivity contribution in [2.24, 2.45) is 0 Å². The fourth-order valence-corrected chi connectivity index (χ4v) is 4.63. The van der Waals surface area contributed by atoms with Gasteiger partial charge in [0, 0.05) is 24.0 Å². The molecule has 8 heteroatoms. The molecule has 1 aromatic carbocycles. The fraction of sp³-hybridized carbons (Fsp3) is 0.455. The normalized spacial score (nSPS) is 19.6. The minimum Gasteiger partial charge on any atom is -0.389 e. The van der Waals surface area contributed by atoms with Crippen molar-refractivity contribution < 1.29 is 14.3 Å². The molecule has 2 aromatic rings. The molecule has 0 spiro atoms. The van der Waals surface area contributed by atoms with E-state index in [1.165, 1.54) is 12.1 Å². The Hall–Kier alpha value is -1.89. The number of nitrogens with one attached hydrogen (secondary N) is 2. The van der Waals surface area contributed by atoms with Gasteiger partial charge in [0.05, 0.1) is 16.2 Å². The predicted octanol–water partition coefficient (Wildman–Crippen LogP) is 5.30. The molecule has 1 fully saturated rings. The average Bonchev–Trinajstić information content (AvgIpc) is 2.69. The van der Waals surface area contributed by atoms with Gasteiger partial charge >= 0.3 is 0 Å². The number of aromatic nitrogens is 1. The van der Waals surface area contributed by atoms with E-state index >= 15 is 0 Å². The van der Waals surface area contributed by atoms with Crippen molar-refractivity contribution >= 4 is 41.4 Å². The summed E-state index contributed by atoms with van der Waals surface area (Å²) in [5, 5.41) is 16.1. The SMILES string of the molecule is CC(C)(O)CNC(=O)c1cnc(Nc2ccc(F)c(Cl)c2)c2c1C1CCC2CC1.Cl. The zero-order valence-electron chi connectivity index (χ0n) is 17.0. The molecular formula is C22H26Cl2FN3O2. The highest BCUT2D eigenvalue weighted by atomic mass is 35.5. The monoisotopic (exact) mass is 453 g/mol. The molecule has 3 N–H and O–H groups in total. The van der Waals surface area contributed by atoms with Crippen molar-refractivity contribution in [2.75, 3.05) is 11.9 Å². The third-order valence-corrected chi connectivity index (χ3v) is 6.10. The van der Waals surface area contributed by atoms with E-state index in [4.69, 9.17) is 11.6 Å². The molecule has 5 rings (SSSR count). The van der Waals surface area contributed by atoms with Gasteiger partial charge in [0.15, 0.2) is 0 Å². The van der Waals surface area contributed by atoms with Crippen LogP contribution in [0, 0.1) is 5.82 Å². The molecule has 0 unspecified atom stereocenters. The summed E-state index contributed by atoms with van der Waals surface area (Å²) in [7, 11) is 0. The molecule has 1 heterocycles. The molecule has 1 saturated carbocycles. The summed E-state index contributed by atoms with van der Waals surface area (Å²) in [5.74, 6) is 0.710.